The van der Waals surface area contributed by atoms with Crippen molar-refractivity contribution in [3.05, 3.63) is 65.9 Å². The van der Waals surface area contributed by atoms with Crippen molar-refractivity contribution in [2.75, 3.05) is 23.1 Å². The molecule has 1 amide bonds. The fourth-order valence-corrected chi connectivity index (χ4v) is 3.50. The zero-order valence-electron chi connectivity index (χ0n) is 16.0. The number of fused-ring (bicyclic) bond motifs is 1. The molecular weight excluding hydrogens is 356 g/mol. The highest BCUT2D eigenvalue weighted by atomic mass is 16.5. The normalized spacial score (nSPS) is 17.2. The highest BCUT2D eigenvalue weighted by molar-refractivity contribution is 5.95. The number of hydroxylamine groups is 1. The van der Waals surface area contributed by atoms with Gasteiger partial charge in [-0.15, -0.1) is 0 Å². The number of carbonyl (C=O) groups is 1. The van der Waals surface area contributed by atoms with Crippen LogP contribution in [0.15, 0.2) is 54.7 Å². The lowest BCUT2D eigenvalue weighted by molar-refractivity contribution is 0.0706. The second-order valence-electron chi connectivity index (χ2n) is 7.59. The fourth-order valence-electron chi connectivity index (χ4n) is 3.50. The van der Waals surface area contributed by atoms with Crippen molar-refractivity contribution in [1.82, 2.24) is 10.9 Å². The van der Waals surface area contributed by atoms with E-state index in [2.05, 4.69) is 54.5 Å². The third kappa shape index (κ3) is 3.42. The van der Waals surface area contributed by atoms with Gasteiger partial charge in [-0.3, -0.25) is 15.0 Å². The van der Waals surface area contributed by atoms with Crippen LogP contribution < -0.4 is 25.6 Å². The van der Waals surface area contributed by atoms with Crippen molar-refractivity contribution in [2.24, 2.45) is 0 Å². The van der Waals surface area contributed by atoms with E-state index in [0.717, 1.165) is 29.2 Å². The van der Waals surface area contributed by atoms with E-state index >= 15 is 0 Å². The Morgan fingerprint density at radius 2 is 2.04 bits per heavy atom. The molecule has 146 valence electrons. The van der Waals surface area contributed by atoms with Crippen molar-refractivity contribution in [3.63, 3.8) is 0 Å². The van der Waals surface area contributed by atoms with Gasteiger partial charge in [-0.2, -0.15) is 0 Å². The summed E-state index contributed by atoms with van der Waals surface area (Å²) >= 11 is 0. The first-order valence-electron chi connectivity index (χ1n) is 9.25. The van der Waals surface area contributed by atoms with Crippen LogP contribution in [0.1, 0.15) is 29.8 Å². The van der Waals surface area contributed by atoms with Gasteiger partial charge in [0.25, 0.3) is 5.91 Å². The molecule has 0 bridgehead atoms. The maximum atomic E-state index is 11.9. The number of nitrogens with zero attached hydrogens (tertiary/aromatic N) is 2. The molecule has 0 aromatic heterocycles. The van der Waals surface area contributed by atoms with Gasteiger partial charge >= 0.3 is 0 Å². The highest BCUT2D eigenvalue weighted by Gasteiger charge is 2.34. The molecule has 28 heavy (non-hydrogen) atoms. The minimum atomic E-state index is -0.540. The van der Waals surface area contributed by atoms with Crippen LogP contribution in [-0.2, 0) is 6.54 Å². The first-order chi connectivity index (χ1) is 13.5. The summed E-state index contributed by atoms with van der Waals surface area (Å²) < 4.78 is 5.90. The Kier molecular flexibility index (Phi) is 4.70. The largest absolute Gasteiger partial charge is 0.489 e. The summed E-state index contributed by atoms with van der Waals surface area (Å²) in [7, 11) is 0. The highest BCUT2D eigenvalue weighted by Crippen LogP contribution is 2.40. The smallest absolute Gasteiger partial charge is 0.274 e. The first kappa shape index (κ1) is 18.3. The molecule has 0 radical (unpaired) electrons. The minimum Gasteiger partial charge on any atom is -0.489 e. The van der Waals surface area contributed by atoms with Crippen LogP contribution in [0, 0.1) is 0 Å². The van der Waals surface area contributed by atoms with Crippen molar-refractivity contribution in [3.8, 4) is 5.75 Å². The summed E-state index contributed by atoms with van der Waals surface area (Å²) in [6.07, 6.45) is 4.09. The minimum absolute atomic E-state index is 0.251. The van der Waals surface area contributed by atoms with E-state index < -0.39 is 5.91 Å². The van der Waals surface area contributed by atoms with Crippen molar-refractivity contribution in [1.29, 1.82) is 0 Å². The van der Waals surface area contributed by atoms with Gasteiger partial charge in [0.1, 0.15) is 12.4 Å². The standard InChI is InChI=1S/C21H24N4O3/c1-21(2)14-28-19-9-6-16(20(26)23-27)12-18(19)24(21)13-15-4-7-17(8-5-15)25-11-3-10-22-25/h3-9,11-12,22,27H,10,13-14H2,1-2H3,(H,23,26). The predicted molar refractivity (Wildman–Crippen MR) is 108 cm³/mol. The number of hydrogen-bond donors (Lipinski definition) is 3. The van der Waals surface area contributed by atoms with Crippen LogP contribution in [-0.4, -0.2) is 29.8 Å². The van der Waals surface area contributed by atoms with Gasteiger partial charge in [-0.05, 0) is 49.7 Å². The number of hydrogen-bond acceptors (Lipinski definition) is 6. The molecule has 0 spiro atoms. The van der Waals surface area contributed by atoms with Crippen LogP contribution in [0.25, 0.3) is 0 Å². The monoisotopic (exact) mass is 380 g/mol. The van der Waals surface area contributed by atoms with E-state index in [-0.39, 0.29) is 5.54 Å². The Hall–Kier alpha value is -3.03. The number of rotatable bonds is 4. The molecule has 3 N–H and O–H groups in total. The van der Waals surface area contributed by atoms with Crippen LogP contribution in [0.5, 0.6) is 5.75 Å². The van der Waals surface area contributed by atoms with Gasteiger partial charge in [0, 0.05) is 24.9 Å². The van der Waals surface area contributed by atoms with Gasteiger partial charge in [-0.25, -0.2) is 10.9 Å². The third-order valence-corrected chi connectivity index (χ3v) is 5.11. The Balaban J connectivity index is 1.62. The quantitative estimate of drug-likeness (QED) is 0.559. The Morgan fingerprint density at radius 3 is 2.71 bits per heavy atom. The van der Waals surface area contributed by atoms with Gasteiger partial charge in [0.15, 0.2) is 0 Å². The molecule has 4 rings (SSSR count). The first-order valence-corrected chi connectivity index (χ1v) is 9.25. The molecule has 0 unspecified atom stereocenters. The molecule has 0 aliphatic carbocycles. The number of anilines is 2. The van der Waals surface area contributed by atoms with Gasteiger partial charge in [0.05, 0.1) is 16.9 Å². The zero-order chi connectivity index (χ0) is 19.7. The van der Waals surface area contributed by atoms with Crippen LogP contribution in [0.2, 0.25) is 0 Å². The molecule has 7 nitrogen and oxygen atoms in total. The lowest BCUT2D eigenvalue weighted by Crippen LogP contribution is -2.51. The van der Waals surface area contributed by atoms with E-state index in [9.17, 15) is 4.79 Å². The average Bonchev–Trinajstić information content (AvgIpc) is 3.24. The van der Waals surface area contributed by atoms with Crippen molar-refractivity contribution >= 4 is 17.3 Å². The molecule has 0 atom stereocenters. The zero-order valence-corrected chi connectivity index (χ0v) is 16.0. The van der Waals surface area contributed by atoms with Crippen LogP contribution in [0.3, 0.4) is 0 Å². The molecule has 2 heterocycles. The molecule has 2 aliphatic rings. The molecule has 0 saturated carbocycles. The van der Waals surface area contributed by atoms with E-state index in [4.69, 9.17) is 9.94 Å². The molecule has 2 aromatic rings. The van der Waals surface area contributed by atoms with Gasteiger partial charge in [0.2, 0.25) is 0 Å². The number of amides is 1. The second-order valence-corrected chi connectivity index (χ2v) is 7.59. The molecule has 0 saturated heterocycles. The van der Waals surface area contributed by atoms with Gasteiger partial charge < -0.3 is 9.64 Å². The summed E-state index contributed by atoms with van der Waals surface area (Å²) in [4.78, 5) is 14.1. The Morgan fingerprint density at radius 1 is 1.25 bits per heavy atom. The lowest BCUT2D eigenvalue weighted by Gasteiger charge is -2.44. The molecule has 2 aliphatic heterocycles. The van der Waals surface area contributed by atoms with E-state index in [0.29, 0.717) is 18.7 Å². The summed E-state index contributed by atoms with van der Waals surface area (Å²) in [6.45, 7) is 6.29. The average molecular weight is 380 g/mol. The number of carbonyl (C=O) groups excluding carboxylic acids is 1. The number of nitrogens with one attached hydrogen (secondary N) is 2. The second kappa shape index (κ2) is 7.18. The molecule has 2 aromatic carbocycles. The number of hydrazine groups is 1. The van der Waals surface area contributed by atoms with E-state index in [1.807, 2.05) is 11.2 Å². The maximum absolute atomic E-state index is 11.9. The SMILES string of the molecule is CC1(C)COc2ccc(C(=O)NO)cc2N1Cc1ccc(N2C=CCN2)cc1. The molecule has 7 heteroatoms. The van der Waals surface area contributed by atoms with E-state index in [1.165, 1.54) is 0 Å². The maximum Gasteiger partial charge on any atom is 0.274 e. The van der Waals surface area contributed by atoms with Crippen molar-refractivity contribution in [2.45, 2.75) is 25.9 Å². The Bertz CT molecular complexity index is 908. The lowest BCUT2D eigenvalue weighted by atomic mass is 9.98. The van der Waals surface area contributed by atoms with E-state index in [1.54, 1.807) is 23.7 Å². The number of ether oxygens (including phenoxy) is 1. The van der Waals surface area contributed by atoms with Crippen molar-refractivity contribution < 1.29 is 14.7 Å². The third-order valence-electron chi connectivity index (χ3n) is 5.11. The fraction of sp³-hybridized carbons (Fsp3) is 0.286. The molecule has 0 fully saturated rings. The predicted octanol–water partition coefficient (Wildman–Crippen LogP) is 2.82. The summed E-state index contributed by atoms with van der Waals surface area (Å²) in [5.41, 5.74) is 8.16. The van der Waals surface area contributed by atoms with Crippen LogP contribution >= 0.6 is 0 Å². The Labute approximate surface area is 164 Å². The van der Waals surface area contributed by atoms with Gasteiger partial charge in [-0.1, -0.05) is 18.2 Å². The topological polar surface area (TPSA) is 77.1 Å². The summed E-state index contributed by atoms with van der Waals surface area (Å²) in [5.74, 6) is 0.193. The molecular formula is C21H24N4O3. The summed E-state index contributed by atoms with van der Waals surface area (Å²) in [6, 6.07) is 13.6. The van der Waals surface area contributed by atoms with Crippen LogP contribution in [0.4, 0.5) is 11.4 Å². The number of benzene rings is 2. The summed E-state index contributed by atoms with van der Waals surface area (Å²) in [5, 5.41) is 11.0.